The summed E-state index contributed by atoms with van der Waals surface area (Å²) in [4.78, 5) is 35.2. The monoisotopic (exact) mass is 348 g/mol. The minimum Gasteiger partial charge on any atom is -0.494 e. The lowest BCUT2D eigenvalue weighted by Crippen LogP contribution is -2.37. The quantitative estimate of drug-likeness (QED) is 0.693. The molecule has 0 atom stereocenters. The zero-order chi connectivity index (χ0) is 18.1. The van der Waals surface area contributed by atoms with E-state index in [1.807, 2.05) is 6.92 Å². The van der Waals surface area contributed by atoms with Crippen LogP contribution in [0, 0.1) is 0 Å². The molecule has 25 heavy (non-hydrogen) atoms. The number of carbonyl (C=O) groups excluding carboxylic acids is 3. The van der Waals surface area contributed by atoms with Crippen LogP contribution in [0.4, 0.5) is 0 Å². The van der Waals surface area contributed by atoms with E-state index in [1.54, 1.807) is 24.3 Å². The first kappa shape index (κ1) is 18.8. The van der Waals surface area contributed by atoms with Crippen LogP contribution in [0.2, 0.25) is 0 Å². The number of esters is 1. The highest BCUT2D eigenvalue weighted by Crippen LogP contribution is 2.17. The molecule has 0 aromatic heterocycles. The lowest BCUT2D eigenvalue weighted by atomic mass is 10.2. The lowest BCUT2D eigenvalue weighted by Gasteiger charge is -2.12. The van der Waals surface area contributed by atoms with Crippen molar-refractivity contribution in [2.45, 2.75) is 38.6 Å². The maximum absolute atomic E-state index is 11.9. The SMILES string of the molecule is CCOc1ccc(C(=O)NCC(=O)OCC(=O)NC2CCCC2)cc1. The predicted octanol–water partition coefficient (Wildman–Crippen LogP) is 1.42. The summed E-state index contributed by atoms with van der Waals surface area (Å²) in [5.41, 5.74) is 0.412. The van der Waals surface area contributed by atoms with E-state index in [0.717, 1.165) is 25.7 Å². The van der Waals surface area contributed by atoms with Crippen molar-refractivity contribution in [3.8, 4) is 5.75 Å². The number of hydrogen-bond donors (Lipinski definition) is 2. The first-order chi connectivity index (χ1) is 12.1. The number of amides is 2. The van der Waals surface area contributed by atoms with Crippen LogP contribution in [0.3, 0.4) is 0 Å². The molecule has 7 heteroatoms. The summed E-state index contributed by atoms with van der Waals surface area (Å²) in [7, 11) is 0. The Bertz CT molecular complexity index is 594. The first-order valence-electron chi connectivity index (χ1n) is 8.54. The second-order valence-electron chi connectivity index (χ2n) is 5.85. The largest absolute Gasteiger partial charge is 0.494 e. The van der Waals surface area contributed by atoms with Gasteiger partial charge in [-0.3, -0.25) is 14.4 Å². The molecular weight excluding hydrogens is 324 g/mol. The van der Waals surface area contributed by atoms with Gasteiger partial charge in [0.05, 0.1) is 6.61 Å². The summed E-state index contributed by atoms with van der Waals surface area (Å²) < 4.78 is 10.2. The maximum Gasteiger partial charge on any atom is 0.325 e. The van der Waals surface area contributed by atoms with E-state index in [4.69, 9.17) is 9.47 Å². The highest BCUT2D eigenvalue weighted by Gasteiger charge is 2.18. The molecule has 2 rings (SSSR count). The molecule has 0 spiro atoms. The molecule has 1 aliphatic carbocycles. The average molecular weight is 348 g/mol. The Morgan fingerprint density at radius 2 is 1.80 bits per heavy atom. The van der Waals surface area contributed by atoms with Crippen LogP contribution in [-0.4, -0.2) is 43.6 Å². The molecule has 1 aliphatic rings. The average Bonchev–Trinajstić information content (AvgIpc) is 3.11. The Balaban J connectivity index is 1.66. The van der Waals surface area contributed by atoms with Crippen LogP contribution in [0.25, 0.3) is 0 Å². The van der Waals surface area contributed by atoms with Crippen molar-refractivity contribution in [3.63, 3.8) is 0 Å². The van der Waals surface area contributed by atoms with Gasteiger partial charge in [0.15, 0.2) is 6.61 Å². The van der Waals surface area contributed by atoms with Gasteiger partial charge in [0.2, 0.25) is 0 Å². The topological polar surface area (TPSA) is 93.7 Å². The molecule has 7 nitrogen and oxygen atoms in total. The van der Waals surface area contributed by atoms with Gasteiger partial charge in [0.25, 0.3) is 11.8 Å². The Hall–Kier alpha value is -2.57. The van der Waals surface area contributed by atoms with Crippen molar-refractivity contribution in [3.05, 3.63) is 29.8 Å². The van der Waals surface area contributed by atoms with Gasteiger partial charge in [-0.25, -0.2) is 0 Å². The van der Waals surface area contributed by atoms with Gasteiger partial charge in [0, 0.05) is 11.6 Å². The second kappa shape index (κ2) is 9.66. The molecule has 1 aromatic carbocycles. The van der Waals surface area contributed by atoms with E-state index >= 15 is 0 Å². The molecule has 2 N–H and O–H groups in total. The smallest absolute Gasteiger partial charge is 0.325 e. The molecule has 0 radical (unpaired) electrons. The van der Waals surface area contributed by atoms with Crippen molar-refractivity contribution >= 4 is 17.8 Å². The number of nitrogens with one attached hydrogen (secondary N) is 2. The second-order valence-corrected chi connectivity index (χ2v) is 5.85. The lowest BCUT2D eigenvalue weighted by molar-refractivity contribution is -0.147. The van der Waals surface area contributed by atoms with Gasteiger partial charge in [-0.1, -0.05) is 12.8 Å². The van der Waals surface area contributed by atoms with Crippen LogP contribution in [-0.2, 0) is 14.3 Å². The molecule has 1 aromatic rings. The molecule has 1 saturated carbocycles. The summed E-state index contributed by atoms with van der Waals surface area (Å²) in [5.74, 6) is -0.680. The minimum absolute atomic E-state index is 0.186. The van der Waals surface area contributed by atoms with E-state index in [1.165, 1.54) is 0 Å². The highest BCUT2D eigenvalue weighted by atomic mass is 16.5. The van der Waals surface area contributed by atoms with E-state index < -0.39 is 11.9 Å². The van der Waals surface area contributed by atoms with Gasteiger partial charge in [-0.2, -0.15) is 0 Å². The molecule has 136 valence electrons. The van der Waals surface area contributed by atoms with Crippen molar-refractivity contribution in [2.75, 3.05) is 19.8 Å². The number of hydrogen-bond acceptors (Lipinski definition) is 5. The summed E-state index contributed by atoms with van der Waals surface area (Å²) >= 11 is 0. The van der Waals surface area contributed by atoms with Crippen molar-refractivity contribution in [1.29, 1.82) is 0 Å². The molecule has 1 fully saturated rings. The minimum atomic E-state index is -0.652. The Morgan fingerprint density at radius 3 is 2.44 bits per heavy atom. The third-order valence-corrected chi connectivity index (χ3v) is 3.91. The van der Waals surface area contributed by atoms with Gasteiger partial charge in [-0.15, -0.1) is 0 Å². The zero-order valence-corrected chi connectivity index (χ0v) is 14.4. The Kier molecular flexibility index (Phi) is 7.25. The number of carbonyl (C=O) groups is 3. The van der Waals surface area contributed by atoms with Crippen LogP contribution in [0.5, 0.6) is 5.75 Å². The number of benzene rings is 1. The van der Waals surface area contributed by atoms with E-state index in [2.05, 4.69) is 10.6 Å². The fourth-order valence-electron chi connectivity index (χ4n) is 2.66. The standard InChI is InChI=1S/C18H24N2O5/c1-2-24-15-9-7-13(8-10-15)18(23)19-11-17(22)25-12-16(21)20-14-5-3-4-6-14/h7-10,14H,2-6,11-12H2,1H3,(H,19,23)(H,20,21). The van der Waals surface area contributed by atoms with Crippen molar-refractivity contribution in [2.24, 2.45) is 0 Å². The third-order valence-electron chi connectivity index (χ3n) is 3.91. The van der Waals surface area contributed by atoms with E-state index in [0.29, 0.717) is 17.9 Å². The molecule has 0 unspecified atom stereocenters. The van der Waals surface area contributed by atoms with Crippen molar-refractivity contribution in [1.82, 2.24) is 10.6 Å². The molecule has 0 aliphatic heterocycles. The highest BCUT2D eigenvalue weighted by molar-refractivity contribution is 5.96. The Morgan fingerprint density at radius 1 is 1.12 bits per heavy atom. The number of rotatable bonds is 8. The zero-order valence-electron chi connectivity index (χ0n) is 14.4. The fourth-order valence-corrected chi connectivity index (χ4v) is 2.66. The summed E-state index contributed by atoms with van der Waals surface area (Å²) in [6.07, 6.45) is 4.17. The molecule has 0 heterocycles. The van der Waals surface area contributed by atoms with Gasteiger partial charge >= 0.3 is 5.97 Å². The fraction of sp³-hybridized carbons (Fsp3) is 0.500. The summed E-state index contributed by atoms with van der Waals surface area (Å²) in [6.45, 7) is 1.81. The van der Waals surface area contributed by atoms with Crippen molar-refractivity contribution < 1.29 is 23.9 Å². The van der Waals surface area contributed by atoms with Crippen LogP contribution < -0.4 is 15.4 Å². The molecule has 0 saturated heterocycles. The maximum atomic E-state index is 11.9. The molecule has 0 bridgehead atoms. The van der Waals surface area contributed by atoms with Gasteiger partial charge in [-0.05, 0) is 44.0 Å². The molecular formula is C18H24N2O5. The third kappa shape index (κ3) is 6.45. The van der Waals surface area contributed by atoms with Gasteiger partial charge < -0.3 is 20.1 Å². The Labute approximate surface area is 147 Å². The van der Waals surface area contributed by atoms with Crippen LogP contribution in [0.15, 0.2) is 24.3 Å². The summed E-state index contributed by atoms with van der Waals surface area (Å²) in [6, 6.07) is 6.78. The molecule has 2 amide bonds. The summed E-state index contributed by atoms with van der Waals surface area (Å²) in [5, 5.41) is 5.29. The first-order valence-corrected chi connectivity index (χ1v) is 8.54. The van der Waals surface area contributed by atoms with Crippen LogP contribution >= 0.6 is 0 Å². The van der Waals surface area contributed by atoms with Gasteiger partial charge in [0.1, 0.15) is 12.3 Å². The predicted molar refractivity (Wildman–Crippen MR) is 91.3 cm³/mol. The van der Waals surface area contributed by atoms with E-state index in [9.17, 15) is 14.4 Å². The number of ether oxygens (including phenoxy) is 2. The van der Waals surface area contributed by atoms with E-state index in [-0.39, 0.29) is 25.1 Å². The van der Waals surface area contributed by atoms with Crippen LogP contribution in [0.1, 0.15) is 43.0 Å². The normalized spacial score (nSPS) is 14.0.